The Morgan fingerprint density at radius 2 is 2.50 bits per heavy atom. The Labute approximate surface area is 40.7 Å². The van der Waals surface area contributed by atoms with E-state index in [9.17, 15) is 0 Å². The maximum atomic E-state index is 3.22. The third-order valence-electron chi connectivity index (χ3n) is 1.26. The lowest BCUT2D eigenvalue weighted by molar-refractivity contribution is 0.833. The summed E-state index contributed by atoms with van der Waals surface area (Å²) in [6, 6.07) is 0. The Morgan fingerprint density at radius 1 is 2.00 bits per heavy atom. The zero-order valence-electron chi connectivity index (χ0n) is 3.99. The van der Waals surface area contributed by atoms with Crippen LogP contribution in [0.4, 0.5) is 0 Å². The molecule has 1 fully saturated rings. The van der Waals surface area contributed by atoms with Crippen molar-refractivity contribution in [2.24, 2.45) is 0 Å². The largest absolute Gasteiger partial charge is 0.305 e. The van der Waals surface area contributed by atoms with Crippen molar-refractivity contribution in [3.8, 4) is 0 Å². The van der Waals surface area contributed by atoms with Crippen molar-refractivity contribution in [1.82, 2.24) is 5.32 Å². The molecular weight excluding hydrogens is 93.0 g/mol. The molecule has 2 atom stereocenters. The van der Waals surface area contributed by atoms with E-state index in [1.54, 1.807) is 0 Å². The molecule has 1 N–H and O–H groups in total. The summed E-state index contributed by atoms with van der Waals surface area (Å²) in [5.74, 6) is 0. The molecule has 1 aliphatic rings. The summed E-state index contributed by atoms with van der Waals surface area (Å²) in [6.07, 6.45) is 1.23. The van der Waals surface area contributed by atoms with E-state index in [0.717, 1.165) is 0 Å². The van der Waals surface area contributed by atoms with Gasteiger partial charge in [0.25, 0.3) is 0 Å². The van der Waals surface area contributed by atoms with E-state index < -0.39 is 0 Å². The minimum absolute atomic E-state index is 0.458. The van der Waals surface area contributed by atoms with Crippen LogP contribution in [0, 0.1) is 0 Å². The fraction of sp³-hybridized carbons (Fsp3) is 1.00. The lowest BCUT2D eigenvalue weighted by Gasteiger charge is -1.95. The Morgan fingerprint density at radius 3 is 2.50 bits per heavy atom. The maximum Gasteiger partial charge on any atom is 0.0447 e. The molecule has 0 spiro atoms. The number of nitrogens with one attached hydrogen (secondary N) is 1. The van der Waals surface area contributed by atoms with Gasteiger partial charge in [-0.3, -0.25) is 0 Å². The molecule has 0 amide bonds. The van der Waals surface area contributed by atoms with Crippen molar-refractivity contribution in [1.29, 1.82) is 0 Å². The Bertz CT molecular complexity index is 58.6. The molecule has 0 aromatic carbocycles. The van der Waals surface area contributed by atoms with E-state index in [0.29, 0.717) is 5.28 Å². The fourth-order valence-electron chi connectivity index (χ4n) is 0.364. The molecule has 1 aliphatic heterocycles. The van der Waals surface area contributed by atoms with Crippen LogP contribution in [0.15, 0.2) is 0 Å². The van der Waals surface area contributed by atoms with E-state index in [1.807, 2.05) is 0 Å². The van der Waals surface area contributed by atoms with Gasteiger partial charge in [-0.25, -0.2) is 0 Å². The minimum atomic E-state index is 0.458. The molecule has 1 saturated heterocycles. The molecule has 1 nitrogen and oxygen atoms in total. The highest BCUT2D eigenvalue weighted by Crippen LogP contribution is 2.28. The zero-order chi connectivity index (χ0) is 4.62. The van der Waals surface area contributed by atoms with Crippen molar-refractivity contribution < 1.29 is 0 Å². The van der Waals surface area contributed by atoms with Gasteiger partial charge in [-0.1, -0.05) is 6.92 Å². The summed E-state index contributed by atoms with van der Waals surface area (Å²) < 4.78 is 0. The molecule has 0 aliphatic carbocycles. The third kappa shape index (κ3) is 0.717. The predicted octanol–water partition coefficient (Wildman–Crippen LogP) is 0.571. The molecule has 1 heterocycles. The Kier molecular flexibility index (Phi) is 0.893. The maximum absolute atomic E-state index is 3.22. The Balaban J connectivity index is 2.28. The standard InChI is InChI=1S/C4H10NP/c1-2-4(6)3-5-4/h5H,2-3,6H2,1H3. The molecule has 6 heavy (non-hydrogen) atoms. The molecule has 2 heteroatoms. The summed E-state index contributed by atoms with van der Waals surface area (Å²) in [6.45, 7) is 3.38. The second-order valence-corrected chi connectivity index (χ2v) is 2.97. The van der Waals surface area contributed by atoms with E-state index in [1.165, 1.54) is 13.0 Å². The van der Waals surface area contributed by atoms with Gasteiger partial charge in [0, 0.05) is 11.8 Å². The monoisotopic (exact) mass is 103 g/mol. The van der Waals surface area contributed by atoms with E-state index in [-0.39, 0.29) is 0 Å². The van der Waals surface area contributed by atoms with Gasteiger partial charge in [-0.2, -0.15) is 0 Å². The summed E-state index contributed by atoms with van der Waals surface area (Å²) in [4.78, 5) is 0. The van der Waals surface area contributed by atoms with Crippen molar-refractivity contribution in [3.63, 3.8) is 0 Å². The van der Waals surface area contributed by atoms with Crippen molar-refractivity contribution >= 4 is 9.24 Å². The van der Waals surface area contributed by atoms with Gasteiger partial charge in [-0.05, 0) is 6.42 Å². The van der Waals surface area contributed by atoms with Crippen LogP contribution < -0.4 is 5.32 Å². The van der Waals surface area contributed by atoms with E-state index in [4.69, 9.17) is 0 Å². The fourth-order valence-corrected chi connectivity index (χ4v) is 0.466. The Hall–Kier alpha value is 0.390. The zero-order valence-corrected chi connectivity index (χ0v) is 5.15. The van der Waals surface area contributed by atoms with Crippen LogP contribution in [0.1, 0.15) is 13.3 Å². The molecule has 1 rings (SSSR count). The molecular formula is C4H10NP. The van der Waals surface area contributed by atoms with Crippen LogP contribution in [0.2, 0.25) is 0 Å². The average molecular weight is 103 g/mol. The topological polar surface area (TPSA) is 21.9 Å². The van der Waals surface area contributed by atoms with Gasteiger partial charge >= 0.3 is 0 Å². The molecule has 0 aromatic heterocycles. The van der Waals surface area contributed by atoms with Gasteiger partial charge < -0.3 is 5.32 Å². The van der Waals surface area contributed by atoms with Crippen LogP contribution in [-0.2, 0) is 0 Å². The molecule has 0 aromatic rings. The van der Waals surface area contributed by atoms with Gasteiger partial charge in [0.1, 0.15) is 0 Å². The average Bonchev–Trinajstić information content (AvgIpc) is 2.22. The van der Waals surface area contributed by atoms with Crippen molar-refractivity contribution in [2.45, 2.75) is 18.6 Å². The molecule has 0 saturated carbocycles. The lowest BCUT2D eigenvalue weighted by Crippen LogP contribution is -1.99. The smallest absolute Gasteiger partial charge is 0.0447 e. The first-order chi connectivity index (χ1) is 2.77. The summed E-state index contributed by atoms with van der Waals surface area (Å²) in [5.41, 5.74) is 0. The SMILES string of the molecule is CCC1(P)CN1. The highest BCUT2D eigenvalue weighted by Gasteiger charge is 2.33. The van der Waals surface area contributed by atoms with Crippen molar-refractivity contribution in [2.75, 3.05) is 6.54 Å². The lowest BCUT2D eigenvalue weighted by atomic mass is 10.4. The van der Waals surface area contributed by atoms with Crippen molar-refractivity contribution in [3.05, 3.63) is 0 Å². The summed E-state index contributed by atoms with van der Waals surface area (Å²) in [7, 11) is 2.79. The van der Waals surface area contributed by atoms with E-state index in [2.05, 4.69) is 21.5 Å². The summed E-state index contributed by atoms with van der Waals surface area (Å²) in [5, 5.41) is 3.68. The first-order valence-corrected chi connectivity index (χ1v) is 2.88. The van der Waals surface area contributed by atoms with Gasteiger partial charge in [0.2, 0.25) is 0 Å². The molecule has 0 bridgehead atoms. The molecule has 0 radical (unpaired) electrons. The normalized spacial score (nSPS) is 43.0. The minimum Gasteiger partial charge on any atom is -0.305 e. The van der Waals surface area contributed by atoms with Crippen LogP contribution in [-0.4, -0.2) is 11.8 Å². The first-order valence-electron chi connectivity index (χ1n) is 2.31. The van der Waals surface area contributed by atoms with Crippen LogP contribution >= 0.6 is 9.24 Å². The number of rotatable bonds is 1. The van der Waals surface area contributed by atoms with Crippen LogP contribution in [0.3, 0.4) is 0 Å². The predicted molar refractivity (Wildman–Crippen MR) is 30.7 cm³/mol. The second kappa shape index (κ2) is 1.18. The molecule has 2 unspecified atom stereocenters. The van der Waals surface area contributed by atoms with Gasteiger partial charge in [-0.15, -0.1) is 9.24 Å². The van der Waals surface area contributed by atoms with Gasteiger partial charge in [0.05, 0.1) is 0 Å². The van der Waals surface area contributed by atoms with E-state index >= 15 is 0 Å². The van der Waals surface area contributed by atoms with Gasteiger partial charge in [0.15, 0.2) is 0 Å². The quantitative estimate of drug-likeness (QED) is 0.380. The second-order valence-electron chi connectivity index (χ2n) is 1.86. The highest BCUT2D eigenvalue weighted by molar-refractivity contribution is 7.19. The molecule has 36 valence electrons. The number of hydrogen-bond donors (Lipinski definition) is 1. The van der Waals surface area contributed by atoms with Crippen LogP contribution in [0.25, 0.3) is 0 Å². The highest BCUT2D eigenvalue weighted by atomic mass is 31.0. The first kappa shape index (κ1) is 4.55. The number of hydrogen-bond acceptors (Lipinski definition) is 1. The van der Waals surface area contributed by atoms with Crippen LogP contribution in [0.5, 0.6) is 0 Å². The summed E-state index contributed by atoms with van der Waals surface area (Å²) >= 11 is 0. The third-order valence-corrected chi connectivity index (χ3v) is 2.08.